The number of ether oxygens (including phenoxy) is 1. The Labute approximate surface area is 109 Å². The second-order valence-corrected chi connectivity index (χ2v) is 5.84. The highest BCUT2D eigenvalue weighted by molar-refractivity contribution is 7.99. The van der Waals surface area contributed by atoms with Crippen molar-refractivity contribution in [3.63, 3.8) is 0 Å². The Morgan fingerprint density at radius 1 is 1.65 bits per heavy atom. The summed E-state index contributed by atoms with van der Waals surface area (Å²) in [6, 6.07) is 0. The average Bonchev–Trinajstić information content (AvgIpc) is 2.74. The minimum atomic E-state index is -0.364. The van der Waals surface area contributed by atoms with E-state index in [1.54, 1.807) is 25.6 Å². The monoisotopic (exact) mass is 275 g/mol. The number of hydrogen-bond acceptors (Lipinski definition) is 6. The van der Waals surface area contributed by atoms with Gasteiger partial charge in [-0.05, 0) is 13.8 Å². The van der Waals surface area contributed by atoms with Gasteiger partial charge in [0.15, 0.2) is 0 Å². The fourth-order valence-corrected chi connectivity index (χ4v) is 2.69. The van der Waals surface area contributed by atoms with Crippen molar-refractivity contribution in [3.05, 3.63) is 16.1 Å². The summed E-state index contributed by atoms with van der Waals surface area (Å²) in [6.45, 7) is 5.87. The van der Waals surface area contributed by atoms with Gasteiger partial charge in [-0.3, -0.25) is 0 Å². The number of carbonyl (C=O) groups excluding carboxylic acids is 1. The number of hydrogen-bond donors (Lipinski definition) is 1. The van der Waals surface area contributed by atoms with E-state index in [9.17, 15) is 9.90 Å². The molecule has 1 heterocycles. The van der Waals surface area contributed by atoms with Gasteiger partial charge in [-0.25, -0.2) is 9.78 Å². The first-order valence-corrected chi connectivity index (χ1v) is 7.38. The number of aliphatic hydroxyl groups is 1. The SMILES string of the molecule is CCOC(=O)c1nc(CSC(C)C(C)O)cs1. The molecule has 2 unspecified atom stereocenters. The molecule has 6 heteroatoms. The van der Waals surface area contributed by atoms with Crippen LogP contribution in [-0.2, 0) is 10.5 Å². The van der Waals surface area contributed by atoms with Gasteiger partial charge in [0.25, 0.3) is 0 Å². The van der Waals surface area contributed by atoms with Crippen LogP contribution < -0.4 is 0 Å². The number of esters is 1. The molecule has 0 bridgehead atoms. The van der Waals surface area contributed by atoms with Crippen molar-refractivity contribution in [1.29, 1.82) is 0 Å². The summed E-state index contributed by atoms with van der Waals surface area (Å²) in [5, 5.41) is 11.8. The van der Waals surface area contributed by atoms with E-state index < -0.39 is 0 Å². The topological polar surface area (TPSA) is 59.4 Å². The standard InChI is InChI=1S/C11H17NO3S2/c1-4-15-11(14)10-12-9(6-17-10)5-16-8(3)7(2)13/h6-8,13H,4-5H2,1-3H3. The minimum absolute atomic E-state index is 0.155. The lowest BCUT2D eigenvalue weighted by Gasteiger charge is -2.12. The summed E-state index contributed by atoms with van der Waals surface area (Å²) in [5.74, 6) is 0.333. The van der Waals surface area contributed by atoms with Crippen LogP contribution in [0.2, 0.25) is 0 Å². The Bertz CT molecular complexity index is 365. The second kappa shape index (κ2) is 6.98. The molecule has 0 fully saturated rings. The Hall–Kier alpha value is -0.590. The lowest BCUT2D eigenvalue weighted by Crippen LogP contribution is -2.15. The Morgan fingerprint density at radius 3 is 2.94 bits per heavy atom. The molecule has 4 nitrogen and oxygen atoms in total. The van der Waals surface area contributed by atoms with Crippen molar-refractivity contribution in [2.45, 2.75) is 37.9 Å². The number of rotatable bonds is 6. The van der Waals surface area contributed by atoms with Crippen LogP contribution in [0, 0.1) is 0 Å². The summed E-state index contributed by atoms with van der Waals surface area (Å²) < 4.78 is 4.87. The van der Waals surface area contributed by atoms with Gasteiger partial charge < -0.3 is 9.84 Å². The maximum absolute atomic E-state index is 11.4. The lowest BCUT2D eigenvalue weighted by atomic mass is 10.3. The highest BCUT2D eigenvalue weighted by Gasteiger charge is 2.14. The van der Waals surface area contributed by atoms with Crippen molar-refractivity contribution >= 4 is 29.1 Å². The van der Waals surface area contributed by atoms with Crippen molar-refractivity contribution in [2.75, 3.05) is 6.61 Å². The first kappa shape index (κ1) is 14.5. The van der Waals surface area contributed by atoms with E-state index in [1.807, 2.05) is 12.3 Å². The molecule has 0 aliphatic heterocycles. The van der Waals surface area contributed by atoms with Crippen molar-refractivity contribution in [2.24, 2.45) is 0 Å². The quantitative estimate of drug-likeness (QED) is 0.807. The zero-order chi connectivity index (χ0) is 12.8. The van der Waals surface area contributed by atoms with Crippen LogP contribution >= 0.6 is 23.1 Å². The van der Waals surface area contributed by atoms with Gasteiger partial charge in [0.05, 0.1) is 18.4 Å². The van der Waals surface area contributed by atoms with Crippen LogP contribution in [0.1, 0.15) is 36.3 Å². The summed E-state index contributed by atoms with van der Waals surface area (Å²) in [6.07, 6.45) is -0.344. The third-order valence-electron chi connectivity index (χ3n) is 2.18. The molecule has 0 saturated heterocycles. The number of aromatic nitrogens is 1. The van der Waals surface area contributed by atoms with Gasteiger partial charge in [0.1, 0.15) is 0 Å². The van der Waals surface area contributed by atoms with Crippen molar-refractivity contribution < 1.29 is 14.6 Å². The highest BCUT2D eigenvalue weighted by Crippen LogP contribution is 2.21. The number of thiazole rings is 1. The molecular formula is C11H17NO3S2. The van der Waals surface area contributed by atoms with Gasteiger partial charge in [-0.1, -0.05) is 6.92 Å². The van der Waals surface area contributed by atoms with E-state index >= 15 is 0 Å². The van der Waals surface area contributed by atoms with Gasteiger partial charge in [-0.2, -0.15) is 0 Å². The Morgan fingerprint density at radius 2 is 2.35 bits per heavy atom. The molecule has 1 aromatic rings. The molecule has 0 aliphatic carbocycles. The first-order chi connectivity index (χ1) is 8.04. The van der Waals surface area contributed by atoms with E-state index in [-0.39, 0.29) is 17.3 Å². The fourth-order valence-electron chi connectivity index (χ4n) is 1.02. The molecule has 1 aromatic heterocycles. The minimum Gasteiger partial charge on any atom is -0.461 e. The van der Waals surface area contributed by atoms with Crippen LogP contribution in [0.4, 0.5) is 0 Å². The molecule has 2 atom stereocenters. The van der Waals surface area contributed by atoms with Gasteiger partial charge in [0, 0.05) is 16.4 Å². The van der Waals surface area contributed by atoms with Crippen molar-refractivity contribution in [1.82, 2.24) is 4.98 Å². The predicted molar refractivity (Wildman–Crippen MR) is 70.5 cm³/mol. The van der Waals surface area contributed by atoms with Gasteiger partial charge in [0.2, 0.25) is 5.01 Å². The first-order valence-electron chi connectivity index (χ1n) is 5.45. The number of aliphatic hydroxyl groups excluding tert-OH is 1. The highest BCUT2D eigenvalue weighted by atomic mass is 32.2. The summed E-state index contributed by atoms with van der Waals surface area (Å²) in [7, 11) is 0. The molecule has 96 valence electrons. The third kappa shape index (κ3) is 4.65. The van der Waals surface area contributed by atoms with E-state index in [1.165, 1.54) is 11.3 Å². The Balaban J connectivity index is 2.48. The largest absolute Gasteiger partial charge is 0.461 e. The van der Waals surface area contributed by atoms with Crippen LogP contribution in [-0.4, -0.2) is 34.0 Å². The molecule has 0 spiro atoms. The molecule has 0 radical (unpaired) electrons. The average molecular weight is 275 g/mol. The smallest absolute Gasteiger partial charge is 0.367 e. The summed E-state index contributed by atoms with van der Waals surface area (Å²) >= 11 is 2.91. The number of nitrogens with zero attached hydrogens (tertiary/aromatic N) is 1. The molecule has 0 amide bonds. The normalized spacial score (nSPS) is 14.4. The van der Waals surface area contributed by atoms with E-state index in [0.717, 1.165) is 5.69 Å². The summed E-state index contributed by atoms with van der Waals surface area (Å²) in [4.78, 5) is 15.6. The Kier molecular flexibility index (Phi) is 5.94. The fraction of sp³-hybridized carbons (Fsp3) is 0.636. The number of carbonyl (C=O) groups is 1. The van der Waals surface area contributed by atoms with Crippen LogP contribution in [0.15, 0.2) is 5.38 Å². The van der Waals surface area contributed by atoms with E-state index in [2.05, 4.69) is 4.98 Å². The van der Waals surface area contributed by atoms with Crippen LogP contribution in [0.3, 0.4) is 0 Å². The molecule has 0 aliphatic rings. The molecular weight excluding hydrogens is 258 g/mol. The zero-order valence-electron chi connectivity index (χ0n) is 10.2. The maximum atomic E-state index is 11.4. The predicted octanol–water partition coefficient (Wildman–Crippen LogP) is 2.32. The molecule has 1 N–H and O–H groups in total. The second-order valence-electron chi connectivity index (χ2n) is 3.62. The van der Waals surface area contributed by atoms with Gasteiger partial charge >= 0.3 is 5.97 Å². The van der Waals surface area contributed by atoms with Crippen molar-refractivity contribution in [3.8, 4) is 0 Å². The molecule has 1 rings (SSSR count). The molecule has 0 saturated carbocycles. The van der Waals surface area contributed by atoms with E-state index in [4.69, 9.17) is 4.74 Å². The third-order valence-corrected chi connectivity index (χ3v) is 4.43. The zero-order valence-corrected chi connectivity index (χ0v) is 11.8. The molecule has 0 aromatic carbocycles. The molecule has 17 heavy (non-hydrogen) atoms. The van der Waals surface area contributed by atoms with Gasteiger partial charge in [-0.15, -0.1) is 23.1 Å². The maximum Gasteiger partial charge on any atom is 0.367 e. The van der Waals surface area contributed by atoms with E-state index in [0.29, 0.717) is 17.4 Å². The van der Waals surface area contributed by atoms with Crippen LogP contribution in [0.5, 0.6) is 0 Å². The lowest BCUT2D eigenvalue weighted by molar-refractivity contribution is 0.0525. The van der Waals surface area contributed by atoms with Crippen LogP contribution in [0.25, 0.3) is 0 Å². The number of thioether (sulfide) groups is 1. The summed E-state index contributed by atoms with van der Waals surface area (Å²) in [5.41, 5.74) is 0.857.